The van der Waals surface area contributed by atoms with Crippen molar-refractivity contribution in [1.29, 1.82) is 0 Å². The number of phenolic OH excluding ortho intramolecular Hbond substituents is 1. The highest BCUT2D eigenvalue weighted by atomic mass is 16.7. The maximum atomic E-state index is 12.5. The molecule has 1 aliphatic heterocycles. The van der Waals surface area contributed by atoms with Crippen LogP contribution in [-0.2, 0) is 4.74 Å². The molecule has 1 N–H and O–H groups in total. The van der Waals surface area contributed by atoms with Gasteiger partial charge in [0.1, 0.15) is 22.8 Å². The zero-order valence-electron chi connectivity index (χ0n) is 15.6. The number of ether oxygens (including phenoxy) is 3. The fraction of sp³-hybridized carbons (Fsp3) is 0.227. The SMILES string of the molecule is COCOc1ccc(/C=C/C(=O)c2cc3c(cc2O)OC(C)(C)C=C3)cc1. The summed E-state index contributed by atoms with van der Waals surface area (Å²) in [6, 6.07) is 10.4. The van der Waals surface area contributed by atoms with Gasteiger partial charge in [-0.05, 0) is 49.8 Å². The van der Waals surface area contributed by atoms with E-state index in [1.54, 1.807) is 31.4 Å². The summed E-state index contributed by atoms with van der Waals surface area (Å²) in [5.74, 6) is 0.862. The summed E-state index contributed by atoms with van der Waals surface area (Å²) in [5.41, 5.74) is 1.40. The van der Waals surface area contributed by atoms with Gasteiger partial charge in [-0.25, -0.2) is 0 Å². The van der Waals surface area contributed by atoms with Crippen molar-refractivity contribution in [3.8, 4) is 17.2 Å². The van der Waals surface area contributed by atoms with E-state index in [1.807, 2.05) is 38.1 Å². The van der Waals surface area contributed by atoms with Crippen molar-refractivity contribution in [1.82, 2.24) is 0 Å². The first-order chi connectivity index (χ1) is 12.9. The van der Waals surface area contributed by atoms with E-state index < -0.39 is 5.60 Å². The summed E-state index contributed by atoms with van der Waals surface area (Å²) in [5, 5.41) is 10.2. The molecule has 1 heterocycles. The Bertz CT molecular complexity index is 892. The third-order valence-corrected chi connectivity index (χ3v) is 4.08. The number of carbonyl (C=O) groups is 1. The molecule has 0 amide bonds. The number of carbonyl (C=O) groups excluding carboxylic acids is 1. The lowest BCUT2D eigenvalue weighted by molar-refractivity contribution is 0.0511. The van der Waals surface area contributed by atoms with Crippen molar-refractivity contribution >= 4 is 17.9 Å². The van der Waals surface area contributed by atoms with Crippen molar-refractivity contribution in [3.05, 3.63) is 65.2 Å². The van der Waals surface area contributed by atoms with E-state index in [2.05, 4.69) is 0 Å². The van der Waals surface area contributed by atoms with Crippen LogP contribution in [0.15, 0.2) is 48.6 Å². The zero-order chi connectivity index (χ0) is 19.4. The first-order valence-corrected chi connectivity index (χ1v) is 8.57. The summed E-state index contributed by atoms with van der Waals surface area (Å²) in [6.45, 7) is 4.04. The van der Waals surface area contributed by atoms with Gasteiger partial charge in [-0.2, -0.15) is 0 Å². The molecule has 0 saturated carbocycles. The van der Waals surface area contributed by atoms with E-state index >= 15 is 0 Å². The Hall–Kier alpha value is -3.05. The number of rotatable bonds is 6. The molecule has 0 atom stereocenters. The van der Waals surface area contributed by atoms with Crippen molar-refractivity contribution in [2.24, 2.45) is 0 Å². The Morgan fingerprint density at radius 2 is 1.96 bits per heavy atom. The molecule has 0 bridgehead atoms. The molecule has 3 rings (SSSR count). The van der Waals surface area contributed by atoms with Crippen LogP contribution in [-0.4, -0.2) is 30.4 Å². The lowest BCUT2D eigenvalue weighted by atomic mass is 9.98. The van der Waals surface area contributed by atoms with Crippen molar-refractivity contribution in [3.63, 3.8) is 0 Å². The molecule has 5 heteroatoms. The van der Waals surface area contributed by atoms with E-state index in [9.17, 15) is 9.90 Å². The Kier molecular flexibility index (Phi) is 5.33. The number of fused-ring (bicyclic) bond motifs is 1. The fourth-order valence-corrected chi connectivity index (χ4v) is 2.67. The van der Waals surface area contributed by atoms with Crippen LogP contribution in [0.1, 0.15) is 35.3 Å². The number of phenols is 1. The summed E-state index contributed by atoms with van der Waals surface area (Å²) >= 11 is 0. The number of hydrogen-bond acceptors (Lipinski definition) is 5. The predicted octanol–water partition coefficient (Wildman–Crippen LogP) is 4.46. The second-order valence-corrected chi connectivity index (χ2v) is 6.76. The largest absolute Gasteiger partial charge is 0.507 e. The average molecular weight is 366 g/mol. The number of benzene rings is 2. The van der Waals surface area contributed by atoms with Crippen LogP contribution in [0.2, 0.25) is 0 Å². The van der Waals surface area contributed by atoms with Crippen LogP contribution < -0.4 is 9.47 Å². The second-order valence-electron chi connectivity index (χ2n) is 6.76. The smallest absolute Gasteiger partial charge is 0.189 e. The van der Waals surface area contributed by atoms with Crippen molar-refractivity contribution < 1.29 is 24.1 Å². The van der Waals surface area contributed by atoms with E-state index in [0.29, 0.717) is 11.5 Å². The van der Waals surface area contributed by atoms with E-state index in [1.165, 1.54) is 12.1 Å². The zero-order valence-corrected chi connectivity index (χ0v) is 15.6. The Morgan fingerprint density at radius 1 is 1.22 bits per heavy atom. The van der Waals surface area contributed by atoms with E-state index in [-0.39, 0.29) is 23.9 Å². The summed E-state index contributed by atoms with van der Waals surface area (Å²) in [4.78, 5) is 12.5. The van der Waals surface area contributed by atoms with Gasteiger partial charge in [-0.15, -0.1) is 0 Å². The fourth-order valence-electron chi connectivity index (χ4n) is 2.67. The molecule has 27 heavy (non-hydrogen) atoms. The number of aromatic hydroxyl groups is 1. The normalized spacial score (nSPS) is 14.6. The third-order valence-electron chi connectivity index (χ3n) is 4.08. The standard InChI is InChI=1S/C22H22O5/c1-22(2)11-10-16-12-18(20(24)13-21(16)27-22)19(23)9-6-15-4-7-17(8-5-15)26-14-25-3/h4-13,24H,14H2,1-3H3/b9-6+. The van der Waals surface area contributed by atoms with E-state index in [0.717, 1.165) is 11.1 Å². The van der Waals surface area contributed by atoms with Crippen LogP contribution in [0, 0.1) is 0 Å². The van der Waals surface area contributed by atoms with Crippen molar-refractivity contribution in [2.45, 2.75) is 19.4 Å². The summed E-state index contributed by atoms with van der Waals surface area (Å²) < 4.78 is 16.0. The molecule has 140 valence electrons. The van der Waals surface area contributed by atoms with Gasteiger partial charge >= 0.3 is 0 Å². The van der Waals surface area contributed by atoms with Crippen LogP contribution in [0.5, 0.6) is 17.2 Å². The molecule has 0 spiro atoms. The topological polar surface area (TPSA) is 65.0 Å². The molecule has 0 unspecified atom stereocenters. The molecule has 1 aliphatic rings. The van der Waals surface area contributed by atoms with Gasteiger partial charge in [0, 0.05) is 18.7 Å². The molecule has 0 aromatic heterocycles. The quantitative estimate of drug-likeness (QED) is 0.465. The highest BCUT2D eigenvalue weighted by Gasteiger charge is 2.23. The molecule has 0 saturated heterocycles. The van der Waals surface area contributed by atoms with Crippen LogP contribution in [0.25, 0.3) is 12.2 Å². The highest BCUT2D eigenvalue weighted by Crippen LogP contribution is 2.36. The van der Waals surface area contributed by atoms with Gasteiger partial charge in [0.2, 0.25) is 0 Å². The molecule has 2 aromatic rings. The number of allylic oxidation sites excluding steroid dienone is 1. The molecular formula is C22H22O5. The van der Waals surface area contributed by atoms with Gasteiger partial charge in [-0.3, -0.25) is 4.79 Å². The van der Waals surface area contributed by atoms with Gasteiger partial charge < -0.3 is 19.3 Å². The lowest BCUT2D eigenvalue weighted by Gasteiger charge is -2.28. The minimum Gasteiger partial charge on any atom is -0.507 e. The molecule has 5 nitrogen and oxygen atoms in total. The van der Waals surface area contributed by atoms with Crippen LogP contribution in [0.3, 0.4) is 0 Å². The molecule has 2 aromatic carbocycles. The molecular weight excluding hydrogens is 344 g/mol. The van der Waals surface area contributed by atoms with Crippen LogP contribution >= 0.6 is 0 Å². The van der Waals surface area contributed by atoms with Crippen LogP contribution in [0.4, 0.5) is 0 Å². The van der Waals surface area contributed by atoms with Gasteiger partial charge in [-0.1, -0.05) is 24.3 Å². The van der Waals surface area contributed by atoms with Crippen molar-refractivity contribution in [2.75, 3.05) is 13.9 Å². The van der Waals surface area contributed by atoms with Gasteiger partial charge in [0.05, 0.1) is 5.56 Å². The van der Waals surface area contributed by atoms with Gasteiger partial charge in [0.15, 0.2) is 12.6 Å². The maximum absolute atomic E-state index is 12.5. The number of hydrogen-bond donors (Lipinski definition) is 1. The minimum absolute atomic E-state index is 0.0992. The Labute approximate surface area is 158 Å². The Balaban J connectivity index is 1.75. The van der Waals surface area contributed by atoms with Gasteiger partial charge in [0.25, 0.3) is 0 Å². The monoisotopic (exact) mass is 366 g/mol. The first kappa shape index (κ1) is 18.7. The Morgan fingerprint density at radius 3 is 2.67 bits per heavy atom. The minimum atomic E-state index is -0.440. The molecule has 0 fully saturated rings. The second kappa shape index (κ2) is 7.68. The first-order valence-electron chi connectivity index (χ1n) is 8.57. The number of ketones is 1. The molecule has 0 aliphatic carbocycles. The molecule has 0 radical (unpaired) electrons. The maximum Gasteiger partial charge on any atom is 0.189 e. The summed E-state index contributed by atoms with van der Waals surface area (Å²) in [7, 11) is 1.56. The van der Waals surface area contributed by atoms with E-state index in [4.69, 9.17) is 14.2 Å². The number of methoxy groups -OCH3 is 1. The lowest BCUT2D eigenvalue weighted by Crippen LogP contribution is -2.27. The summed E-state index contributed by atoms with van der Waals surface area (Å²) in [6.07, 6.45) is 6.95. The predicted molar refractivity (Wildman–Crippen MR) is 104 cm³/mol. The third kappa shape index (κ3) is 4.57. The highest BCUT2D eigenvalue weighted by molar-refractivity contribution is 6.09. The average Bonchev–Trinajstić information content (AvgIpc) is 2.64.